The molecule has 0 bridgehead atoms. The summed E-state index contributed by atoms with van der Waals surface area (Å²) in [6.07, 6.45) is 3.58. The van der Waals surface area contributed by atoms with E-state index in [1.54, 1.807) is 35.5 Å². The van der Waals surface area contributed by atoms with Gasteiger partial charge in [-0.15, -0.1) is 0 Å². The van der Waals surface area contributed by atoms with Gasteiger partial charge in [-0.05, 0) is 42.8 Å². The molecule has 0 atom stereocenters. The molecule has 3 heterocycles. The zero-order valence-electron chi connectivity index (χ0n) is 17.4. The van der Waals surface area contributed by atoms with Crippen LogP contribution < -0.4 is 0 Å². The monoisotopic (exact) mass is 445 g/mol. The molecule has 4 aromatic rings. The quantitative estimate of drug-likeness (QED) is 0.397. The number of pyridine rings is 1. The topological polar surface area (TPSA) is 88.0 Å². The summed E-state index contributed by atoms with van der Waals surface area (Å²) in [5.41, 5.74) is 2.28. The lowest BCUT2D eigenvalue weighted by molar-refractivity contribution is 0.0737. The minimum absolute atomic E-state index is 0.205. The van der Waals surface area contributed by atoms with E-state index in [4.69, 9.17) is 21.3 Å². The molecule has 0 unspecified atom stereocenters. The Kier molecular flexibility index (Phi) is 6.34. The minimum Gasteiger partial charge on any atom is -0.460 e. The summed E-state index contributed by atoms with van der Waals surface area (Å²) in [5, 5.41) is 14.2. The van der Waals surface area contributed by atoms with Gasteiger partial charge in [-0.1, -0.05) is 29.8 Å². The summed E-state index contributed by atoms with van der Waals surface area (Å²) in [6.45, 7) is 2.43. The highest BCUT2D eigenvalue weighted by Crippen LogP contribution is 2.27. The van der Waals surface area contributed by atoms with E-state index < -0.39 is 0 Å². The lowest BCUT2D eigenvalue weighted by Crippen LogP contribution is -2.33. The minimum atomic E-state index is -0.272. The van der Waals surface area contributed by atoms with Gasteiger partial charge in [-0.25, -0.2) is 4.68 Å². The summed E-state index contributed by atoms with van der Waals surface area (Å²) in [4.78, 5) is 19.4. The molecule has 8 heteroatoms. The predicted octanol–water partition coefficient (Wildman–Crippen LogP) is 5.05. The number of carbonyl (C=O) groups is 1. The molecule has 0 aliphatic heterocycles. The normalized spacial score (nSPS) is 10.7. The maximum absolute atomic E-state index is 13.7. The smallest absolute Gasteiger partial charge is 0.272 e. The van der Waals surface area contributed by atoms with Gasteiger partial charge in [0.25, 0.3) is 5.91 Å². The molecule has 0 radical (unpaired) electrons. The van der Waals surface area contributed by atoms with E-state index in [2.05, 4.69) is 16.2 Å². The number of rotatable bonds is 7. The van der Waals surface area contributed by atoms with Crippen LogP contribution in [0.5, 0.6) is 0 Å². The fourth-order valence-corrected chi connectivity index (χ4v) is 3.56. The zero-order valence-corrected chi connectivity index (χ0v) is 18.2. The summed E-state index contributed by atoms with van der Waals surface area (Å²) in [7, 11) is 0. The molecule has 7 nitrogen and oxygen atoms in total. The Morgan fingerprint density at radius 1 is 1.22 bits per heavy atom. The second kappa shape index (κ2) is 9.50. The van der Waals surface area contributed by atoms with Crippen LogP contribution in [-0.4, -0.2) is 32.1 Å². The number of benzene rings is 1. The van der Waals surface area contributed by atoms with Crippen molar-refractivity contribution in [3.05, 3.63) is 89.0 Å². The Balaban J connectivity index is 1.78. The Hall–Kier alpha value is -3.89. The van der Waals surface area contributed by atoms with Gasteiger partial charge in [0.2, 0.25) is 0 Å². The van der Waals surface area contributed by atoms with Gasteiger partial charge in [0.15, 0.2) is 5.76 Å². The number of para-hydroxylation sites is 1. The third-order valence-corrected chi connectivity index (χ3v) is 5.20. The first-order valence-electron chi connectivity index (χ1n) is 10.0. The number of furan rings is 1. The molecule has 3 aromatic heterocycles. The van der Waals surface area contributed by atoms with Crippen LogP contribution >= 0.6 is 11.6 Å². The second-order valence-electron chi connectivity index (χ2n) is 7.18. The van der Waals surface area contributed by atoms with Gasteiger partial charge in [0, 0.05) is 31.5 Å². The average molecular weight is 446 g/mol. The highest BCUT2D eigenvalue weighted by Gasteiger charge is 2.24. The molecule has 1 aromatic carbocycles. The largest absolute Gasteiger partial charge is 0.460 e. The van der Waals surface area contributed by atoms with E-state index in [0.717, 1.165) is 11.3 Å². The van der Waals surface area contributed by atoms with Crippen molar-refractivity contribution in [1.82, 2.24) is 19.7 Å². The number of nitriles is 1. The molecule has 0 N–H and O–H groups in total. The fourth-order valence-electron chi connectivity index (χ4n) is 3.34. The van der Waals surface area contributed by atoms with Crippen LogP contribution in [0.15, 0.2) is 71.4 Å². The van der Waals surface area contributed by atoms with Gasteiger partial charge >= 0.3 is 0 Å². The van der Waals surface area contributed by atoms with Crippen LogP contribution in [0.4, 0.5) is 0 Å². The first kappa shape index (κ1) is 21.3. The molecule has 0 spiro atoms. The van der Waals surface area contributed by atoms with Gasteiger partial charge in [0.05, 0.1) is 23.2 Å². The van der Waals surface area contributed by atoms with Crippen molar-refractivity contribution in [2.24, 2.45) is 0 Å². The second-order valence-corrected chi connectivity index (χ2v) is 7.59. The molecule has 4 rings (SSSR count). The molecule has 32 heavy (non-hydrogen) atoms. The third-order valence-electron chi connectivity index (χ3n) is 4.88. The highest BCUT2D eigenvalue weighted by atomic mass is 35.5. The maximum Gasteiger partial charge on any atom is 0.272 e. The van der Waals surface area contributed by atoms with E-state index in [9.17, 15) is 4.79 Å². The number of hydrogen-bond acceptors (Lipinski definition) is 5. The van der Waals surface area contributed by atoms with Crippen LogP contribution in [0.25, 0.3) is 17.1 Å². The summed E-state index contributed by atoms with van der Waals surface area (Å²) >= 11 is 6.43. The van der Waals surface area contributed by atoms with E-state index in [1.165, 1.54) is 4.68 Å². The number of hydrogen-bond donors (Lipinski definition) is 0. The molecule has 0 aliphatic carbocycles. The Morgan fingerprint density at radius 2 is 2.06 bits per heavy atom. The van der Waals surface area contributed by atoms with Crippen LogP contribution in [0.1, 0.15) is 28.2 Å². The number of halogens is 1. The van der Waals surface area contributed by atoms with Crippen LogP contribution in [0.2, 0.25) is 5.02 Å². The molecule has 1 amide bonds. The average Bonchev–Trinajstić information content (AvgIpc) is 3.44. The Morgan fingerprint density at radius 3 is 2.75 bits per heavy atom. The standard InChI is InChI=1S/C24H20ClN5O2/c1-17-9-10-23(32-17)20-14-22(30(28-20)21-8-3-2-7-19(21)25)24(31)29(13-5-11-26)16-18-6-4-12-27-15-18/h2-4,6-10,12,14-15H,5,13,16H2,1H3. The maximum atomic E-state index is 13.7. The summed E-state index contributed by atoms with van der Waals surface area (Å²) in [6, 6.07) is 18.3. The zero-order chi connectivity index (χ0) is 22.5. The number of aryl methyl sites for hydroxylation is 1. The molecule has 160 valence electrons. The van der Waals surface area contributed by atoms with Crippen molar-refractivity contribution in [3.8, 4) is 23.2 Å². The van der Waals surface area contributed by atoms with Crippen molar-refractivity contribution >= 4 is 17.5 Å². The van der Waals surface area contributed by atoms with Gasteiger partial charge in [-0.2, -0.15) is 10.4 Å². The third kappa shape index (κ3) is 4.56. The molecule has 0 saturated heterocycles. The first-order valence-corrected chi connectivity index (χ1v) is 10.4. The Bertz CT molecular complexity index is 1270. The highest BCUT2D eigenvalue weighted by molar-refractivity contribution is 6.32. The molecule has 0 aliphatic rings. The van der Waals surface area contributed by atoms with Crippen molar-refractivity contribution < 1.29 is 9.21 Å². The number of carbonyl (C=O) groups excluding carboxylic acids is 1. The van der Waals surface area contributed by atoms with Crippen LogP contribution in [-0.2, 0) is 6.54 Å². The predicted molar refractivity (Wildman–Crippen MR) is 120 cm³/mol. The lowest BCUT2D eigenvalue weighted by Gasteiger charge is -2.22. The van der Waals surface area contributed by atoms with E-state index in [-0.39, 0.29) is 18.9 Å². The van der Waals surface area contributed by atoms with Crippen molar-refractivity contribution in [2.45, 2.75) is 19.9 Å². The SMILES string of the molecule is Cc1ccc(-c2cc(C(=O)N(CCC#N)Cc3cccnc3)n(-c3ccccc3Cl)n2)o1. The molecular weight excluding hydrogens is 426 g/mol. The van der Waals surface area contributed by atoms with Crippen LogP contribution in [0.3, 0.4) is 0 Å². The van der Waals surface area contributed by atoms with Crippen molar-refractivity contribution in [1.29, 1.82) is 5.26 Å². The lowest BCUT2D eigenvalue weighted by atomic mass is 10.2. The van der Waals surface area contributed by atoms with Crippen molar-refractivity contribution in [2.75, 3.05) is 6.54 Å². The van der Waals surface area contributed by atoms with E-state index in [1.807, 2.05) is 43.3 Å². The molecular formula is C24H20ClN5O2. The number of amides is 1. The van der Waals surface area contributed by atoms with Gasteiger partial charge in [-0.3, -0.25) is 9.78 Å². The number of aromatic nitrogens is 3. The summed E-state index contributed by atoms with van der Waals surface area (Å²) in [5.74, 6) is 1.02. The van der Waals surface area contributed by atoms with Crippen molar-refractivity contribution in [3.63, 3.8) is 0 Å². The van der Waals surface area contributed by atoms with Gasteiger partial charge < -0.3 is 9.32 Å². The van der Waals surface area contributed by atoms with E-state index >= 15 is 0 Å². The van der Waals surface area contributed by atoms with Gasteiger partial charge in [0.1, 0.15) is 17.1 Å². The first-order chi connectivity index (χ1) is 15.6. The van der Waals surface area contributed by atoms with Crippen LogP contribution in [0, 0.1) is 18.3 Å². The molecule has 0 saturated carbocycles. The number of nitrogens with zero attached hydrogens (tertiary/aromatic N) is 5. The Labute approximate surface area is 190 Å². The molecule has 0 fully saturated rings. The fraction of sp³-hybridized carbons (Fsp3) is 0.167. The van der Waals surface area contributed by atoms with E-state index in [0.29, 0.717) is 34.4 Å². The summed E-state index contributed by atoms with van der Waals surface area (Å²) < 4.78 is 7.25.